The lowest BCUT2D eigenvalue weighted by Gasteiger charge is -2.08. The molecule has 0 saturated carbocycles. The molecule has 0 spiro atoms. The highest BCUT2D eigenvalue weighted by molar-refractivity contribution is 7.91. The van der Waals surface area contributed by atoms with Gasteiger partial charge in [0.05, 0.1) is 9.79 Å². The third-order valence-corrected chi connectivity index (χ3v) is 7.48. The van der Waals surface area contributed by atoms with E-state index < -0.39 is 55.5 Å². The van der Waals surface area contributed by atoms with Gasteiger partial charge in [-0.15, -0.1) is 0 Å². The Bertz CT molecular complexity index is 1350. The van der Waals surface area contributed by atoms with Gasteiger partial charge in [-0.3, -0.25) is 0 Å². The minimum Gasteiger partial charge on any atom is -0.492 e. The van der Waals surface area contributed by atoms with E-state index in [2.05, 4.69) is 24.5 Å². The quantitative estimate of drug-likeness (QED) is 0.127. The number of aliphatic hydroxyl groups is 2. The third kappa shape index (κ3) is 18.5. The van der Waals surface area contributed by atoms with E-state index in [-0.39, 0.29) is 21.3 Å². The predicted octanol–water partition coefficient (Wildman–Crippen LogP) is 1.09. The number of benzene rings is 2. The first-order valence-electron chi connectivity index (χ1n) is 13.8. The van der Waals surface area contributed by atoms with Crippen LogP contribution in [0.2, 0.25) is 0 Å². The number of sulfone groups is 2. The largest absolute Gasteiger partial charge is 0.492 e. The highest BCUT2D eigenvalue weighted by Crippen LogP contribution is 2.21. The molecular weight excluding hydrogens is 658 g/mol. The van der Waals surface area contributed by atoms with Crippen LogP contribution >= 0.6 is 0 Å². The van der Waals surface area contributed by atoms with Crippen LogP contribution in [0.15, 0.2) is 46.2 Å². The molecule has 0 aliphatic heterocycles. The Hall–Kier alpha value is -3.42. The molecule has 2 aromatic carbocycles. The highest BCUT2D eigenvalue weighted by atomic mass is 32.2. The number of ether oxygens (including phenoxy) is 2. The number of nitrogens with one attached hydrogen (secondary N) is 2. The molecule has 0 amide bonds. The summed E-state index contributed by atoms with van der Waals surface area (Å²) in [7, 11) is -6.85. The van der Waals surface area contributed by atoms with E-state index in [4.69, 9.17) is 29.9 Å². The molecule has 0 radical (unpaired) electrons. The van der Waals surface area contributed by atoms with E-state index in [0.717, 1.165) is 50.6 Å². The van der Waals surface area contributed by atoms with Gasteiger partial charge in [0.2, 0.25) is 0 Å². The highest BCUT2D eigenvalue weighted by Gasteiger charge is 2.29. The standard InChI is InChI=1S/2C12H18FNO3S.C4H6O6/c2*1-3-4-14-5-6-17-11-7-10(13)8-12(9-11)18(2,15)16;5-1(3(7)8)2(6)4(9)10/h2*7-9,14H,3-6H2,1-2H3;1-2,5-6H,(H,7,8)(H,9,10)/t;;1-,2-/m..1/s1. The number of aliphatic hydroxyl groups excluding tert-OH is 2. The Morgan fingerprint density at radius 1 is 0.674 bits per heavy atom. The molecule has 0 heterocycles. The Kier molecular flexibility index (Phi) is 19.8. The average molecular weight is 701 g/mol. The fraction of sp³-hybridized carbons (Fsp3) is 0.500. The van der Waals surface area contributed by atoms with Crippen molar-refractivity contribution in [2.45, 2.75) is 48.7 Å². The first-order chi connectivity index (χ1) is 21.3. The minimum atomic E-state index is -3.42. The zero-order valence-corrected chi connectivity index (χ0v) is 27.5. The van der Waals surface area contributed by atoms with Crippen molar-refractivity contribution in [3.8, 4) is 11.5 Å². The number of carboxylic acids is 2. The first kappa shape index (κ1) is 42.6. The molecule has 2 rings (SSSR count). The van der Waals surface area contributed by atoms with Gasteiger partial charge in [-0.1, -0.05) is 13.8 Å². The summed E-state index contributed by atoms with van der Waals surface area (Å²) >= 11 is 0. The molecule has 2 atom stereocenters. The van der Waals surface area contributed by atoms with Crippen LogP contribution in [0.5, 0.6) is 11.5 Å². The third-order valence-electron chi connectivity index (χ3n) is 5.30. The summed E-state index contributed by atoms with van der Waals surface area (Å²) in [6.45, 7) is 7.90. The van der Waals surface area contributed by atoms with Crippen molar-refractivity contribution in [3.05, 3.63) is 48.0 Å². The van der Waals surface area contributed by atoms with Gasteiger partial charge in [-0.05, 0) is 50.2 Å². The van der Waals surface area contributed by atoms with Crippen molar-refractivity contribution < 1.29 is 65.1 Å². The fourth-order valence-corrected chi connectivity index (χ4v) is 4.34. The van der Waals surface area contributed by atoms with E-state index in [9.17, 15) is 35.2 Å². The van der Waals surface area contributed by atoms with Gasteiger partial charge in [-0.25, -0.2) is 35.2 Å². The van der Waals surface area contributed by atoms with Crippen molar-refractivity contribution in [3.63, 3.8) is 0 Å². The number of carboxylic acid groups (broad SMARTS) is 2. The van der Waals surface area contributed by atoms with Gasteiger partial charge < -0.3 is 40.5 Å². The van der Waals surface area contributed by atoms with Crippen molar-refractivity contribution >= 4 is 31.6 Å². The van der Waals surface area contributed by atoms with E-state index >= 15 is 0 Å². The van der Waals surface area contributed by atoms with Crippen molar-refractivity contribution in [2.75, 3.05) is 51.9 Å². The maximum atomic E-state index is 13.2. The molecule has 262 valence electrons. The summed E-state index contributed by atoms with van der Waals surface area (Å²) in [6.07, 6.45) is -0.408. The smallest absolute Gasteiger partial charge is 0.335 e. The molecule has 0 fully saturated rings. The minimum absolute atomic E-state index is 0.0704. The summed E-state index contributed by atoms with van der Waals surface area (Å²) in [4.78, 5) is 19.4. The Morgan fingerprint density at radius 3 is 1.26 bits per heavy atom. The van der Waals surface area contributed by atoms with Crippen LogP contribution in [0, 0.1) is 11.6 Å². The van der Waals surface area contributed by atoms with Gasteiger partial charge in [-0.2, -0.15) is 0 Å². The number of carbonyl (C=O) groups is 2. The monoisotopic (exact) mass is 700 g/mol. The summed E-state index contributed by atoms with van der Waals surface area (Å²) in [6, 6.07) is 6.98. The lowest BCUT2D eigenvalue weighted by molar-refractivity contribution is -0.165. The molecule has 0 aliphatic rings. The van der Waals surface area contributed by atoms with Crippen LogP contribution < -0.4 is 20.1 Å². The zero-order chi connectivity index (χ0) is 35.5. The second-order valence-electron chi connectivity index (χ2n) is 9.55. The summed E-state index contributed by atoms with van der Waals surface area (Å²) in [5.74, 6) is -4.31. The van der Waals surface area contributed by atoms with Crippen LogP contribution in [0.4, 0.5) is 8.78 Å². The Labute approximate surface area is 267 Å². The van der Waals surface area contributed by atoms with Crippen LogP contribution in [0.1, 0.15) is 26.7 Å². The van der Waals surface area contributed by atoms with E-state index in [1.54, 1.807) is 0 Å². The lowest BCUT2D eigenvalue weighted by atomic mass is 10.2. The first-order valence-corrected chi connectivity index (χ1v) is 17.6. The second kappa shape index (κ2) is 21.4. The van der Waals surface area contributed by atoms with Gasteiger partial charge in [0, 0.05) is 37.7 Å². The van der Waals surface area contributed by atoms with Crippen LogP contribution in [-0.2, 0) is 29.3 Å². The number of rotatable bonds is 17. The molecule has 46 heavy (non-hydrogen) atoms. The molecule has 0 bridgehead atoms. The number of aliphatic carboxylic acids is 2. The summed E-state index contributed by atoms with van der Waals surface area (Å²) in [5, 5.41) is 38.8. The molecule has 0 saturated heterocycles. The number of halogens is 2. The number of hydrogen-bond donors (Lipinski definition) is 6. The van der Waals surface area contributed by atoms with Gasteiger partial charge in [0.15, 0.2) is 31.9 Å². The van der Waals surface area contributed by atoms with Gasteiger partial charge in [0.25, 0.3) is 0 Å². The van der Waals surface area contributed by atoms with Crippen LogP contribution in [0.3, 0.4) is 0 Å². The van der Waals surface area contributed by atoms with Crippen molar-refractivity contribution in [1.82, 2.24) is 10.6 Å². The van der Waals surface area contributed by atoms with E-state index in [1.165, 1.54) is 24.3 Å². The molecule has 0 aromatic heterocycles. The Morgan fingerprint density at radius 2 is 1.00 bits per heavy atom. The molecule has 2 aromatic rings. The maximum absolute atomic E-state index is 13.2. The average Bonchev–Trinajstić information content (AvgIpc) is 2.95. The SMILES string of the molecule is CCCNCCOc1cc(F)cc(S(C)(=O)=O)c1.CCCNCCOc1cc(F)cc(S(C)(=O)=O)c1.O=C(O)[C@H](O)[C@@H](O)C(=O)O. The van der Waals surface area contributed by atoms with Gasteiger partial charge in [0.1, 0.15) is 36.3 Å². The van der Waals surface area contributed by atoms with Gasteiger partial charge >= 0.3 is 11.9 Å². The number of hydrogen-bond acceptors (Lipinski definition) is 12. The normalized spacial score (nSPS) is 12.4. The van der Waals surface area contributed by atoms with Crippen LogP contribution in [-0.4, -0.2) is 113 Å². The topological polar surface area (TPSA) is 226 Å². The second-order valence-corrected chi connectivity index (χ2v) is 13.6. The summed E-state index contributed by atoms with van der Waals surface area (Å²) < 4.78 is 82.3. The lowest BCUT2D eigenvalue weighted by Crippen LogP contribution is -2.39. The fourth-order valence-electron chi connectivity index (χ4n) is 3.02. The van der Waals surface area contributed by atoms with Crippen molar-refractivity contribution in [1.29, 1.82) is 0 Å². The molecule has 14 nitrogen and oxygen atoms in total. The molecular formula is C28H42F2N2O12S2. The predicted molar refractivity (Wildman–Crippen MR) is 164 cm³/mol. The van der Waals surface area contributed by atoms with E-state index in [1.807, 2.05) is 0 Å². The molecule has 6 N–H and O–H groups in total. The van der Waals surface area contributed by atoms with E-state index in [0.29, 0.717) is 26.3 Å². The zero-order valence-electron chi connectivity index (χ0n) is 25.9. The van der Waals surface area contributed by atoms with Crippen LogP contribution in [0.25, 0.3) is 0 Å². The molecule has 0 aliphatic carbocycles. The molecule has 0 unspecified atom stereocenters. The van der Waals surface area contributed by atoms with Crippen molar-refractivity contribution in [2.24, 2.45) is 0 Å². The summed E-state index contributed by atoms with van der Waals surface area (Å²) in [5.41, 5.74) is 0. The Balaban J connectivity index is 0.000000691. The maximum Gasteiger partial charge on any atom is 0.335 e. The molecule has 18 heteroatoms.